The number of unbranched alkanes of at least 4 members (excludes halogenated alkanes) is 33. The number of nitrogens with two attached hydrogens (primary N) is 1. The number of rotatable bonds is 45. The van der Waals surface area contributed by atoms with Crippen molar-refractivity contribution in [3.05, 3.63) is 0 Å². The van der Waals surface area contributed by atoms with Crippen molar-refractivity contribution < 1.29 is 65.6 Å². The van der Waals surface area contributed by atoms with E-state index in [1.165, 1.54) is 268 Å². The average Bonchev–Trinajstić information content (AvgIpc) is 3.14. The van der Waals surface area contributed by atoms with Gasteiger partial charge in [-0.2, -0.15) is 0 Å². The van der Waals surface area contributed by atoms with Gasteiger partial charge in [0.15, 0.2) is 0 Å². The first kappa shape index (κ1) is 64.9. The SMILES string of the molecule is CCCCCCCCCCCCCCC(C(C)(C)[NH2+]CC[NH+](C)CCCCCCCCCCCCCC)[N+](C)(C)CCCCCCCCCCCCCC.[Br-].[Br-].[Br-]. The molecule has 0 aliphatic heterocycles. The fourth-order valence-electron chi connectivity index (χ4n) is 9.54. The van der Waals surface area contributed by atoms with E-state index in [-0.39, 0.29) is 56.5 Å². The fraction of sp³-hybridized carbons (Fsp3) is 1.00. The standard InChI is InChI=1S/C51H108N3.3BrH/c1-9-12-15-18-21-24-27-30-33-36-39-42-45-50(54(7,8)49-44-41-38-35-32-29-26-23-20-17-14-11-3)51(4,5)52-46-48-53(6)47-43-40-37-34-31-28-25-22-19-16-13-10-2;;;/h50,52H,9-49H2,1-8H3;3*1H/q+1;;;/p-1. The van der Waals surface area contributed by atoms with Gasteiger partial charge in [0.05, 0.1) is 34.2 Å². The molecule has 350 valence electrons. The van der Waals surface area contributed by atoms with E-state index in [0.717, 1.165) is 6.04 Å². The lowest BCUT2D eigenvalue weighted by molar-refractivity contribution is -0.950. The average molecular weight is 1010 g/mol. The molecule has 0 saturated carbocycles. The predicted octanol–water partition coefficient (Wildman–Crippen LogP) is 4.79. The highest BCUT2D eigenvalue weighted by Crippen LogP contribution is 2.25. The Balaban J connectivity index is -0.00000468. The highest BCUT2D eigenvalue weighted by Gasteiger charge is 2.43. The molecule has 3 nitrogen and oxygen atoms in total. The Bertz CT molecular complexity index is 734. The summed E-state index contributed by atoms with van der Waals surface area (Å²) in [5.41, 5.74) is 0.286. The maximum Gasteiger partial charge on any atom is 0.143 e. The molecule has 0 aliphatic carbocycles. The van der Waals surface area contributed by atoms with Crippen molar-refractivity contribution in [3.8, 4) is 0 Å². The van der Waals surface area contributed by atoms with Gasteiger partial charge in [-0.15, -0.1) is 0 Å². The van der Waals surface area contributed by atoms with E-state index in [1.807, 2.05) is 0 Å². The number of quaternary nitrogens is 3. The summed E-state index contributed by atoms with van der Waals surface area (Å²) in [6, 6.07) is 0.727. The fourth-order valence-corrected chi connectivity index (χ4v) is 9.54. The van der Waals surface area contributed by atoms with E-state index in [9.17, 15) is 0 Å². The Morgan fingerprint density at radius 2 is 0.684 bits per heavy atom. The molecule has 2 atom stereocenters. The van der Waals surface area contributed by atoms with Gasteiger partial charge in [0, 0.05) is 6.42 Å². The molecule has 6 heteroatoms. The molecule has 3 N–H and O–H groups in total. The molecule has 2 unspecified atom stereocenters. The minimum absolute atomic E-state index is 0. The topological polar surface area (TPSA) is 21.1 Å². The summed E-state index contributed by atoms with van der Waals surface area (Å²) in [7, 11) is 7.63. The number of halogens is 3. The maximum atomic E-state index is 2.77. The molecule has 0 aromatic heterocycles. The third kappa shape index (κ3) is 43.8. The second kappa shape index (κ2) is 48.4. The Labute approximate surface area is 394 Å². The largest absolute Gasteiger partial charge is 1.00 e. The Morgan fingerprint density at radius 3 is 1.02 bits per heavy atom. The van der Waals surface area contributed by atoms with Gasteiger partial charge in [-0.3, -0.25) is 0 Å². The quantitative estimate of drug-likeness (QED) is 0.0648. The Hall–Kier alpha value is 1.32. The first-order chi connectivity index (χ1) is 26.2. The van der Waals surface area contributed by atoms with Gasteiger partial charge in [0.25, 0.3) is 0 Å². The highest BCUT2D eigenvalue weighted by atomic mass is 79.9. The molecule has 0 aromatic carbocycles. The van der Waals surface area contributed by atoms with Crippen molar-refractivity contribution in [2.24, 2.45) is 0 Å². The summed E-state index contributed by atoms with van der Waals surface area (Å²) in [5, 5.41) is 2.77. The minimum Gasteiger partial charge on any atom is -1.00 e. The van der Waals surface area contributed by atoms with E-state index in [4.69, 9.17) is 0 Å². The second-order valence-corrected chi connectivity index (χ2v) is 19.7. The molecule has 57 heavy (non-hydrogen) atoms. The van der Waals surface area contributed by atoms with Gasteiger partial charge < -0.3 is 65.6 Å². The van der Waals surface area contributed by atoms with E-state index in [2.05, 4.69) is 61.1 Å². The lowest BCUT2D eigenvalue weighted by Crippen LogP contribution is -3.13. The number of nitrogens with one attached hydrogen (secondary N) is 1. The van der Waals surface area contributed by atoms with E-state index < -0.39 is 0 Å². The number of likely N-dealkylation sites (N-methyl/N-ethyl adjacent to an activating group) is 2. The van der Waals surface area contributed by atoms with E-state index >= 15 is 0 Å². The van der Waals surface area contributed by atoms with Crippen LogP contribution in [0, 0.1) is 0 Å². The normalized spacial score (nSPS) is 12.8. The summed E-state index contributed by atoms with van der Waals surface area (Å²) in [6.45, 7) is 17.4. The van der Waals surface area contributed by atoms with Crippen LogP contribution < -0.4 is 61.2 Å². The molecule has 0 saturated heterocycles. The van der Waals surface area contributed by atoms with Crippen LogP contribution in [0.1, 0.15) is 272 Å². The number of hydrogen-bond acceptors (Lipinski definition) is 0. The maximum absolute atomic E-state index is 2.77. The van der Waals surface area contributed by atoms with Crippen LogP contribution in [0.4, 0.5) is 0 Å². The molecule has 0 spiro atoms. The van der Waals surface area contributed by atoms with Crippen LogP contribution >= 0.6 is 0 Å². The van der Waals surface area contributed by atoms with Gasteiger partial charge in [-0.1, -0.05) is 220 Å². The number of nitrogens with zero attached hydrogens (tertiary/aromatic N) is 1. The third-order valence-electron chi connectivity index (χ3n) is 13.3. The van der Waals surface area contributed by atoms with Crippen LogP contribution in [-0.4, -0.2) is 63.4 Å². The molecule has 0 radical (unpaired) electrons. The van der Waals surface area contributed by atoms with Gasteiger partial charge >= 0.3 is 0 Å². The molecule has 0 aromatic rings. The summed E-state index contributed by atoms with van der Waals surface area (Å²) in [5.74, 6) is 0. The molecule has 0 fully saturated rings. The second-order valence-electron chi connectivity index (χ2n) is 19.7. The van der Waals surface area contributed by atoms with Gasteiger partial charge in [-0.25, -0.2) is 0 Å². The van der Waals surface area contributed by atoms with Gasteiger partial charge in [0.2, 0.25) is 0 Å². The van der Waals surface area contributed by atoms with Crippen LogP contribution in [0.2, 0.25) is 0 Å². The van der Waals surface area contributed by atoms with Crippen molar-refractivity contribution >= 4 is 0 Å². The van der Waals surface area contributed by atoms with Crippen molar-refractivity contribution in [1.29, 1.82) is 0 Å². The first-order valence-corrected chi connectivity index (χ1v) is 25.7. The molecular formula is C51H110Br3N3. The highest BCUT2D eigenvalue weighted by molar-refractivity contribution is 4.78. The summed E-state index contributed by atoms with van der Waals surface area (Å²) < 4.78 is 1.21. The van der Waals surface area contributed by atoms with E-state index in [1.54, 1.807) is 4.90 Å². The zero-order chi connectivity index (χ0) is 39.9. The van der Waals surface area contributed by atoms with Crippen molar-refractivity contribution in [1.82, 2.24) is 0 Å². The number of hydrogen-bond donors (Lipinski definition) is 2. The van der Waals surface area contributed by atoms with Crippen molar-refractivity contribution in [2.75, 3.05) is 47.3 Å². The lowest BCUT2D eigenvalue weighted by Gasteiger charge is -2.45. The Morgan fingerprint density at radius 1 is 0.404 bits per heavy atom. The molecule has 0 heterocycles. The minimum atomic E-state index is 0. The van der Waals surface area contributed by atoms with Crippen LogP contribution in [0.5, 0.6) is 0 Å². The monoisotopic (exact) mass is 1000 g/mol. The lowest BCUT2D eigenvalue weighted by atomic mass is 9.86. The zero-order valence-corrected chi connectivity index (χ0v) is 45.5. The molecule has 0 amide bonds. The van der Waals surface area contributed by atoms with E-state index in [0.29, 0.717) is 0 Å². The van der Waals surface area contributed by atoms with Gasteiger partial charge in [0.1, 0.15) is 24.7 Å². The van der Waals surface area contributed by atoms with Crippen LogP contribution in [0.25, 0.3) is 0 Å². The smallest absolute Gasteiger partial charge is 0.143 e. The van der Waals surface area contributed by atoms with Crippen molar-refractivity contribution in [3.63, 3.8) is 0 Å². The van der Waals surface area contributed by atoms with Crippen LogP contribution in [0.15, 0.2) is 0 Å². The first-order valence-electron chi connectivity index (χ1n) is 25.7. The third-order valence-corrected chi connectivity index (χ3v) is 13.3. The summed E-state index contributed by atoms with van der Waals surface area (Å²) >= 11 is 0. The molecule has 0 aliphatic rings. The van der Waals surface area contributed by atoms with Crippen LogP contribution in [0.3, 0.4) is 0 Å². The van der Waals surface area contributed by atoms with Crippen molar-refractivity contribution in [2.45, 2.75) is 284 Å². The molecule has 0 rings (SSSR count). The summed E-state index contributed by atoms with van der Waals surface area (Å²) in [4.78, 5) is 1.75. The molecule has 0 bridgehead atoms. The predicted molar refractivity (Wildman–Crippen MR) is 246 cm³/mol. The zero-order valence-electron chi connectivity index (χ0n) is 40.7. The molecular weight excluding hydrogens is 894 g/mol. The van der Waals surface area contributed by atoms with Gasteiger partial charge in [-0.05, 0) is 46.0 Å². The van der Waals surface area contributed by atoms with Crippen LogP contribution in [-0.2, 0) is 0 Å². The summed E-state index contributed by atoms with van der Waals surface area (Å²) in [6.07, 6.45) is 53.4. The Kier molecular flexibility index (Phi) is 55.1.